The van der Waals surface area contributed by atoms with Crippen molar-refractivity contribution in [3.63, 3.8) is 0 Å². The van der Waals surface area contributed by atoms with Crippen molar-refractivity contribution in [3.8, 4) is 23.0 Å². The maximum Gasteiger partial charge on any atom is 0.341 e. The first kappa shape index (κ1) is 33.3. The maximum atomic E-state index is 13.4. The molecule has 0 aromatic heterocycles. The number of esters is 3. The summed E-state index contributed by atoms with van der Waals surface area (Å²) < 4.78 is 15.4. The van der Waals surface area contributed by atoms with Gasteiger partial charge in [-0.1, -0.05) is 6.07 Å². The number of rotatable bonds is 9. The van der Waals surface area contributed by atoms with Crippen molar-refractivity contribution in [1.29, 1.82) is 0 Å². The van der Waals surface area contributed by atoms with Crippen LogP contribution in [-0.2, 0) is 19.0 Å². The molecule has 1 unspecified atom stereocenters. The maximum absolute atomic E-state index is 13.4. The number of phenols is 4. The summed E-state index contributed by atoms with van der Waals surface area (Å²) in [5.41, 5.74) is -2.65. The summed E-state index contributed by atoms with van der Waals surface area (Å²) in [5.74, 6) is -6.68. The molecule has 1 amide bonds. The molecule has 242 valence electrons. The number of nitrogens with one attached hydrogen (secondary N) is 1. The van der Waals surface area contributed by atoms with Crippen LogP contribution in [0.5, 0.6) is 23.0 Å². The Balaban J connectivity index is 1.49. The molecule has 13 heteroatoms. The van der Waals surface area contributed by atoms with Crippen LogP contribution in [0.1, 0.15) is 87.0 Å². The van der Waals surface area contributed by atoms with Gasteiger partial charge in [-0.25, -0.2) is 9.59 Å². The van der Waals surface area contributed by atoms with Gasteiger partial charge in [0.15, 0.2) is 0 Å². The summed E-state index contributed by atoms with van der Waals surface area (Å²) in [7, 11) is 0. The second kappa shape index (κ2) is 13.6. The Morgan fingerprint density at radius 1 is 0.783 bits per heavy atom. The fourth-order valence-corrected chi connectivity index (χ4v) is 4.77. The van der Waals surface area contributed by atoms with Gasteiger partial charge in [0.25, 0.3) is 5.91 Å². The molecule has 1 saturated carbocycles. The average molecular weight is 636 g/mol. The SMILES string of the molecule is CC(C)(C)C(=O)OCOC(=O)c1cccc(O)c1C(=O)c1c(O)cc(C(=O)O[C@@H]2CCCC2NC(=O)c2ccc(O)cc2)cc1O. The lowest BCUT2D eigenvalue weighted by atomic mass is 9.95. The summed E-state index contributed by atoms with van der Waals surface area (Å²) in [6, 6.07) is 10.4. The number of phenolic OH excluding ortho intramolecular Hbond substituents is 4. The minimum absolute atomic E-state index is 0.00266. The van der Waals surface area contributed by atoms with Crippen molar-refractivity contribution in [2.24, 2.45) is 5.41 Å². The standard InChI is InChI=1S/C33H33NO12/c1-33(2,3)32(43)45-16-44-31(42)20-6-4-8-22(36)26(20)28(39)27-23(37)14-18(15-24(27)38)30(41)46-25-9-5-7-21(25)34-29(40)17-10-12-19(35)13-11-17/h4,6,8,10-15,21,25,35-38H,5,7,9,16H2,1-3H3,(H,34,40)/t21?,25-/m1/s1. The molecule has 0 bridgehead atoms. The largest absolute Gasteiger partial charge is 0.508 e. The third kappa shape index (κ3) is 7.54. The van der Waals surface area contributed by atoms with Gasteiger partial charge in [-0.3, -0.25) is 14.4 Å². The third-order valence-electron chi connectivity index (χ3n) is 7.20. The van der Waals surface area contributed by atoms with Gasteiger partial charge in [-0.15, -0.1) is 0 Å². The van der Waals surface area contributed by atoms with Gasteiger partial charge in [-0.2, -0.15) is 0 Å². The zero-order chi connectivity index (χ0) is 33.8. The highest BCUT2D eigenvalue weighted by molar-refractivity contribution is 6.18. The van der Waals surface area contributed by atoms with Crippen molar-refractivity contribution < 1.29 is 58.6 Å². The van der Waals surface area contributed by atoms with Gasteiger partial charge < -0.3 is 40.0 Å². The van der Waals surface area contributed by atoms with E-state index in [-0.39, 0.29) is 11.3 Å². The predicted octanol–water partition coefficient (Wildman–Crippen LogP) is 3.95. The van der Waals surface area contributed by atoms with E-state index in [1.807, 2.05) is 0 Å². The number of amides is 1. The number of ketones is 1. The van der Waals surface area contributed by atoms with Crippen LogP contribution < -0.4 is 5.32 Å². The number of hydrogen-bond donors (Lipinski definition) is 5. The topological polar surface area (TPSA) is 206 Å². The molecule has 0 radical (unpaired) electrons. The lowest BCUT2D eigenvalue weighted by molar-refractivity contribution is -0.161. The van der Waals surface area contributed by atoms with Crippen LogP contribution in [0, 0.1) is 5.41 Å². The Morgan fingerprint density at radius 2 is 1.43 bits per heavy atom. The zero-order valence-corrected chi connectivity index (χ0v) is 25.2. The molecular formula is C33H33NO12. The van der Waals surface area contributed by atoms with Crippen LogP contribution in [0.15, 0.2) is 54.6 Å². The Bertz CT molecular complexity index is 1650. The van der Waals surface area contributed by atoms with Crippen molar-refractivity contribution in [2.45, 2.75) is 52.2 Å². The Hall–Kier alpha value is -5.59. The summed E-state index contributed by atoms with van der Waals surface area (Å²) in [6.07, 6.45) is 0.877. The number of carbonyl (C=O) groups is 5. The molecular weight excluding hydrogens is 602 g/mol. The van der Waals surface area contributed by atoms with Crippen molar-refractivity contribution >= 4 is 29.6 Å². The van der Waals surface area contributed by atoms with Crippen LogP contribution in [0.2, 0.25) is 0 Å². The van der Waals surface area contributed by atoms with E-state index in [0.717, 1.165) is 24.3 Å². The molecule has 1 fully saturated rings. The highest BCUT2D eigenvalue weighted by atomic mass is 16.7. The molecule has 2 atom stereocenters. The lowest BCUT2D eigenvalue weighted by Crippen LogP contribution is -2.41. The van der Waals surface area contributed by atoms with Gasteiger partial charge in [0, 0.05) is 5.56 Å². The minimum Gasteiger partial charge on any atom is -0.508 e. The average Bonchev–Trinajstić information content (AvgIpc) is 3.42. The molecule has 46 heavy (non-hydrogen) atoms. The highest BCUT2D eigenvalue weighted by Crippen LogP contribution is 2.35. The van der Waals surface area contributed by atoms with E-state index < -0.39 is 87.9 Å². The fourth-order valence-electron chi connectivity index (χ4n) is 4.77. The first-order valence-electron chi connectivity index (χ1n) is 14.2. The molecule has 4 rings (SSSR count). The van der Waals surface area contributed by atoms with Crippen molar-refractivity contribution in [2.75, 3.05) is 6.79 Å². The van der Waals surface area contributed by atoms with E-state index in [0.29, 0.717) is 24.8 Å². The Morgan fingerprint density at radius 3 is 2.07 bits per heavy atom. The molecule has 0 heterocycles. The van der Waals surface area contributed by atoms with Gasteiger partial charge >= 0.3 is 17.9 Å². The molecule has 1 aliphatic rings. The van der Waals surface area contributed by atoms with E-state index in [1.54, 1.807) is 20.8 Å². The number of carbonyl (C=O) groups excluding carboxylic acids is 5. The summed E-state index contributed by atoms with van der Waals surface area (Å²) >= 11 is 0. The normalized spacial score (nSPS) is 15.9. The molecule has 3 aromatic carbocycles. The van der Waals surface area contributed by atoms with Crippen molar-refractivity contribution in [1.82, 2.24) is 5.32 Å². The molecule has 0 aliphatic heterocycles. The van der Waals surface area contributed by atoms with Crippen LogP contribution in [-0.4, -0.2) is 69.0 Å². The first-order chi connectivity index (χ1) is 21.7. The van der Waals surface area contributed by atoms with Crippen molar-refractivity contribution in [3.05, 3.63) is 82.4 Å². The molecule has 1 aliphatic carbocycles. The number of benzene rings is 3. The molecule has 5 N–H and O–H groups in total. The van der Waals surface area contributed by atoms with Crippen LogP contribution >= 0.6 is 0 Å². The molecule has 0 spiro atoms. The number of hydrogen-bond acceptors (Lipinski definition) is 12. The zero-order valence-electron chi connectivity index (χ0n) is 25.2. The summed E-state index contributed by atoms with van der Waals surface area (Å²) in [4.78, 5) is 63.8. The lowest BCUT2D eigenvalue weighted by Gasteiger charge is -2.21. The quantitative estimate of drug-likeness (QED) is 0.129. The van der Waals surface area contributed by atoms with Gasteiger partial charge in [-0.05, 0) is 88.6 Å². The second-order valence-corrected chi connectivity index (χ2v) is 11.7. The summed E-state index contributed by atoms with van der Waals surface area (Å²) in [6.45, 7) is 4.02. The highest BCUT2D eigenvalue weighted by Gasteiger charge is 2.34. The fraction of sp³-hybridized carbons (Fsp3) is 0.303. The smallest absolute Gasteiger partial charge is 0.341 e. The van der Waals surface area contributed by atoms with Gasteiger partial charge in [0.2, 0.25) is 12.6 Å². The Labute approximate surface area is 263 Å². The minimum atomic E-state index is -1.17. The Kier molecular flexibility index (Phi) is 9.84. The van der Waals surface area contributed by atoms with Gasteiger partial charge in [0.1, 0.15) is 34.7 Å². The second-order valence-electron chi connectivity index (χ2n) is 11.7. The van der Waals surface area contributed by atoms with Gasteiger partial charge in [0.05, 0.1) is 28.1 Å². The van der Waals surface area contributed by atoms with E-state index in [9.17, 15) is 44.4 Å². The van der Waals surface area contributed by atoms with E-state index >= 15 is 0 Å². The van der Waals surface area contributed by atoms with E-state index in [4.69, 9.17) is 14.2 Å². The van der Waals surface area contributed by atoms with E-state index in [1.165, 1.54) is 30.3 Å². The molecule has 0 saturated heterocycles. The van der Waals surface area contributed by atoms with E-state index in [2.05, 4.69) is 5.32 Å². The van der Waals surface area contributed by atoms with Crippen LogP contribution in [0.25, 0.3) is 0 Å². The predicted molar refractivity (Wildman–Crippen MR) is 160 cm³/mol. The third-order valence-corrected chi connectivity index (χ3v) is 7.20. The monoisotopic (exact) mass is 635 g/mol. The first-order valence-corrected chi connectivity index (χ1v) is 14.2. The number of aromatic hydroxyl groups is 4. The van der Waals surface area contributed by atoms with Crippen LogP contribution in [0.4, 0.5) is 0 Å². The molecule has 13 nitrogen and oxygen atoms in total. The molecule has 3 aromatic rings. The van der Waals surface area contributed by atoms with Crippen LogP contribution in [0.3, 0.4) is 0 Å². The number of ether oxygens (including phenoxy) is 3. The summed E-state index contributed by atoms with van der Waals surface area (Å²) in [5, 5.41) is 44.1.